The maximum absolute atomic E-state index is 11.9. The summed E-state index contributed by atoms with van der Waals surface area (Å²) in [5, 5.41) is 11.9. The van der Waals surface area contributed by atoms with E-state index >= 15 is 0 Å². The average molecular weight is 473 g/mol. The Morgan fingerprint density at radius 2 is 2.03 bits per heavy atom. The fourth-order valence-corrected chi connectivity index (χ4v) is 4.44. The fourth-order valence-electron chi connectivity index (χ4n) is 3.78. The van der Waals surface area contributed by atoms with Gasteiger partial charge in [-0.2, -0.15) is 0 Å². The third-order valence-corrected chi connectivity index (χ3v) is 6.11. The van der Waals surface area contributed by atoms with E-state index in [9.17, 15) is 9.90 Å². The number of nitrogens with two attached hydrogens (primary N) is 1. The molecule has 2 aromatic heterocycles. The van der Waals surface area contributed by atoms with Gasteiger partial charge in [0.2, 0.25) is 0 Å². The normalized spacial score (nSPS) is 11.4. The topological polar surface area (TPSA) is 92.0 Å². The second-order valence-electron chi connectivity index (χ2n) is 6.87. The van der Waals surface area contributed by atoms with Gasteiger partial charge in [-0.25, -0.2) is 4.79 Å². The van der Waals surface area contributed by atoms with E-state index in [0.29, 0.717) is 28.9 Å². The van der Waals surface area contributed by atoms with Crippen molar-refractivity contribution in [2.45, 2.75) is 19.3 Å². The van der Waals surface area contributed by atoms with Crippen LogP contribution in [0.25, 0.3) is 33.1 Å². The molecule has 2 heterocycles. The fraction of sp³-hybridized carbons (Fsp3) is 0.182. The summed E-state index contributed by atoms with van der Waals surface area (Å²) in [6.07, 6.45) is 4.15. The SMILES string of the molecule is NCCCCc1c(-c2ccc(Br)c3cccnc23)[nH]c2c(Cl)ccc(C(=O)O)c12. The summed E-state index contributed by atoms with van der Waals surface area (Å²) in [7, 11) is 0. The molecule has 0 radical (unpaired) electrons. The van der Waals surface area contributed by atoms with Crippen molar-refractivity contribution in [2.75, 3.05) is 6.54 Å². The molecule has 148 valence electrons. The van der Waals surface area contributed by atoms with E-state index < -0.39 is 5.97 Å². The molecule has 4 aromatic rings. The maximum atomic E-state index is 11.9. The van der Waals surface area contributed by atoms with E-state index in [2.05, 4.69) is 25.9 Å². The van der Waals surface area contributed by atoms with Gasteiger partial charge in [0, 0.05) is 27.0 Å². The Bertz CT molecular complexity index is 1240. The van der Waals surface area contributed by atoms with Gasteiger partial charge in [0.05, 0.1) is 27.3 Å². The van der Waals surface area contributed by atoms with Crippen LogP contribution in [0.3, 0.4) is 0 Å². The molecule has 4 N–H and O–H groups in total. The average Bonchev–Trinajstić information content (AvgIpc) is 3.09. The van der Waals surface area contributed by atoms with Gasteiger partial charge in [0.15, 0.2) is 0 Å². The first-order valence-electron chi connectivity index (χ1n) is 9.33. The molecule has 29 heavy (non-hydrogen) atoms. The lowest BCUT2D eigenvalue weighted by Crippen LogP contribution is -2.01. The number of nitrogens with one attached hydrogen (secondary N) is 1. The first-order valence-corrected chi connectivity index (χ1v) is 10.5. The number of carboxylic acids is 1. The van der Waals surface area contributed by atoms with Crippen LogP contribution in [0.1, 0.15) is 28.8 Å². The molecule has 0 bridgehead atoms. The molecule has 0 fully saturated rings. The number of aryl methyl sites for hydroxylation is 1. The lowest BCUT2D eigenvalue weighted by molar-refractivity contribution is 0.0699. The monoisotopic (exact) mass is 471 g/mol. The summed E-state index contributed by atoms with van der Waals surface area (Å²) in [5.41, 5.74) is 10.1. The van der Waals surface area contributed by atoms with Crippen molar-refractivity contribution < 1.29 is 9.90 Å². The van der Waals surface area contributed by atoms with Gasteiger partial charge in [-0.3, -0.25) is 4.98 Å². The standard InChI is InChI=1S/C22H19BrClN3O2/c23-16-8-6-15(19-12(16)5-3-11-26-19)20-13(4-1-2-10-25)18-14(22(28)29)7-9-17(24)21(18)27-20/h3,5-9,11,27H,1-2,4,10,25H2,(H,28,29). The number of unbranched alkanes of at least 4 members (excludes halogenated alkanes) is 1. The minimum absolute atomic E-state index is 0.240. The smallest absolute Gasteiger partial charge is 0.336 e. The van der Waals surface area contributed by atoms with Crippen molar-refractivity contribution in [1.82, 2.24) is 9.97 Å². The van der Waals surface area contributed by atoms with Gasteiger partial charge in [-0.15, -0.1) is 0 Å². The number of rotatable bonds is 6. The maximum Gasteiger partial charge on any atom is 0.336 e. The largest absolute Gasteiger partial charge is 0.478 e. The van der Waals surface area contributed by atoms with E-state index in [1.165, 1.54) is 0 Å². The van der Waals surface area contributed by atoms with E-state index in [1.807, 2.05) is 24.3 Å². The lowest BCUT2D eigenvalue weighted by atomic mass is 9.96. The van der Waals surface area contributed by atoms with Gasteiger partial charge in [0.25, 0.3) is 0 Å². The van der Waals surface area contributed by atoms with Crippen LogP contribution in [0, 0.1) is 0 Å². The summed E-state index contributed by atoms with van der Waals surface area (Å²) in [6, 6.07) is 11.1. The van der Waals surface area contributed by atoms with Crippen LogP contribution in [0.15, 0.2) is 47.1 Å². The first-order chi connectivity index (χ1) is 14.0. The van der Waals surface area contributed by atoms with Crippen LogP contribution in [0.5, 0.6) is 0 Å². The van der Waals surface area contributed by atoms with Crippen molar-refractivity contribution in [3.63, 3.8) is 0 Å². The van der Waals surface area contributed by atoms with Crippen molar-refractivity contribution in [3.05, 3.63) is 63.2 Å². The number of aromatic amines is 1. The summed E-state index contributed by atoms with van der Waals surface area (Å²) < 4.78 is 0.953. The highest BCUT2D eigenvalue weighted by atomic mass is 79.9. The second-order valence-corrected chi connectivity index (χ2v) is 8.13. The Balaban J connectivity index is 2.06. The molecule has 4 rings (SSSR count). The first kappa shape index (κ1) is 19.9. The highest BCUT2D eigenvalue weighted by Gasteiger charge is 2.22. The number of halogens is 2. The van der Waals surface area contributed by atoms with Crippen LogP contribution >= 0.6 is 27.5 Å². The van der Waals surface area contributed by atoms with E-state index in [4.69, 9.17) is 17.3 Å². The number of fused-ring (bicyclic) bond motifs is 2. The van der Waals surface area contributed by atoms with Crippen molar-refractivity contribution in [2.24, 2.45) is 5.73 Å². The molecule has 5 nitrogen and oxygen atoms in total. The van der Waals surface area contributed by atoms with Gasteiger partial charge in [0.1, 0.15) is 0 Å². The Labute approximate surface area is 181 Å². The molecule has 0 aliphatic carbocycles. The number of aromatic nitrogens is 2. The summed E-state index contributed by atoms with van der Waals surface area (Å²) in [6.45, 7) is 0.590. The quantitative estimate of drug-likeness (QED) is 0.310. The van der Waals surface area contributed by atoms with Crippen molar-refractivity contribution in [3.8, 4) is 11.3 Å². The minimum Gasteiger partial charge on any atom is -0.478 e. The Kier molecular flexibility index (Phi) is 5.58. The summed E-state index contributed by atoms with van der Waals surface area (Å²) >= 11 is 10.0. The van der Waals surface area contributed by atoms with E-state index in [1.54, 1.807) is 18.3 Å². The number of aromatic carboxylic acids is 1. The van der Waals surface area contributed by atoms with Crippen LogP contribution in [-0.4, -0.2) is 27.6 Å². The molecule has 0 saturated carbocycles. The predicted molar refractivity (Wildman–Crippen MR) is 121 cm³/mol. The number of carbonyl (C=O) groups is 1. The number of nitrogens with zero attached hydrogens (tertiary/aromatic N) is 1. The van der Waals surface area contributed by atoms with Crippen LogP contribution < -0.4 is 5.73 Å². The van der Waals surface area contributed by atoms with E-state index in [-0.39, 0.29) is 5.56 Å². The molecular formula is C22H19BrClN3O2. The Hall–Kier alpha value is -2.41. The number of carboxylic acid groups (broad SMARTS) is 1. The molecule has 7 heteroatoms. The number of hydrogen-bond acceptors (Lipinski definition) is 3. The third kappa shape index (κ3) is 3.52. The van der Waals surface area contributed by atoms with Gasteiger partial charge in [-0.05, 0) is 61.7 Å². The van der Waals surface area contributed by atoms with Crippen molar-refractivity contribution >= 4 is 55.3 Å². The number of benzene rings is 2. The molecule has 0 unspecified atom stereocenters. The lowest BCUT2D eigenvalue weighted by Gasteiger charge is -2.10. The third-order valence-electron chi connectivity index (χ3n) is 5.11. The number of pyridine rings is 1. The van der Waals surface area contributed by atoms with Crippen LogP contribution in [0.4, 0.5) is 0 Å². The zero-order chi connectivity index (χ0) is 20.5. The molecule has 0 amide bonds. The van der Waals surface area contributed by atoms with Crippen molar-refractivity contribution in [1.29, 1.82) is 0 Å². The second kappa shape index (κ2) is 8.14. The Morgan fingerprint density at radius 1 is 1.21 bits per heavy atom. The summed E-state index contributed by atoms with van der Waals surface area (Å²) in [4.78, 5) is 19.9. The number of H-pyrrole nitrogens is 1. The van der Waals surface area contributed by atoms with Crippen LogP contribution in [-0.2, 0) is 6.42 Å². The van der Waals surface area contributed by atoms with Crippen LogP contribution in [0.2, 0.25) is 5.02 Å². The molecule has 0 spiro atoms. The Morgan fingerprint density at radius 3 is 2.79 bits per heavy atom. The molecule has 2 aromatic carbocycles. The predicted octanol–water partition coefficient (Wildman–Crippen LogP) is 5.78. The van der Waals surface area contributed by atoms with Gasteiger partial charge < -0.3 is 15.8 Å². The van der Waals surface area contributed by atoms with E-state index in [0.717, 1.165) is 45.0 Å². The number of hydrogen-bond donors (Lipinski definition) is 3. The van der Waals surface area contributed by atoms with Gasteiger partial charge in [-0.1, -0.05) is 33.6 Å². The summed E-state index contributed by atoms with van der Waals surface area (Å²) in [5.74, 6) is -0.976. The molecule has 0 aliphatic rings. The molecular weight excluding hydrogens is 454 g/mol. The zero-order valence-electron chi connectivity index (χ0n) is 15.5. The zero-order valence-corrected chi connectivity index (χ0v) is 17.8. The highest BCUT2D eigenvalue weighted by Crippen LogP contribution is 2.40. The van der Waals surface area contributed by atoms with Gasteiger partial charge >= 0.3 is 5.97 Å². The minimum atomic E-state index is -0.976. The molecule has 0 saturated heterocycles. The highest BCUT2D eigenvalue weighted by molar-refractivity contribution is 9.10. The molecule has 0 aliphatic heterocycles. The molecule has 0 atom stereocenters.